The van der Waals surface area contributed by atoms with E-state index in [2.05, 4.69) is 25.1 Å². The number of nitrogens with zero attached hydrogens (tertiary/aromatic N) is 3. The first-order chi connectivity index (χ1) is 13.1. The molecule has 0 radical (unpaired) electrons. The van der Waals surface area contributed by atoms with E-state index in [9.17, 15) is 4.79 Å². The first-order valence-corrected chi connectivity index (χ1v) is 8.31. The highest BCUT2D eigenvalue weighted by Gasteiger charge is 2.17. The molecular weight excluding hydrogens is 344 g/mol. The topological polar surface area (TPSA) is 126 Å². The van der Waals surface area contributed by atoms with E-state index in [1.807, 2.05) is 36.4 Å². The smallest absolute Gasteiger partial charge is 0.276 e. The summed E-state index contributed by atoms with van der Waals surface area (Å²) < 4.78 is 5.48. The fourth-order valence-corrected chi connectivity index (χ4v) is 3.14. The zero-order valence-electron chi connectivity index (χ0n) is 14.3. The molecule has 0 fully saturated rings. The minimum atomic E-state index is -0.306. The molecule has 4 N–H and O–H groups in total. The van der Waals surface area contributed by atoms with Crippen LogP contribution in [0.3, 0.4) is 0 Å². The number of hydrogen-bond donors (Lipinski definition) is 3. The molecule has 0 bridgehead atoms. The number of H-pyrrole nitrogens is 2. The first-order valence-electron chi connectivity index (χ1n) is 8.31. The summed E-state index contributed by atoms with van der Waals surface area (Å²) >= 11 is 0. The van der Waals surface area contributed by atoms with Crippen LogP contribution in [-0.2, 0) is 0 Å². The lowest BCUT2D eigenvalue weighted by Gasteiger charge is -2.02. The molecule has 27 heavy (non-hydrogen) atoms. The van der Waals surface area contributed by atoms with Crippen LogP contribution in [0.2, 0.25) is 0 Å². The maximum absolute atomic E-state index is 12.5. The summed E-state index contributed by atoms with van der Waals surface area (Å²) in [6, 6.07) is 12.9. The average molecular weight is 358 g/mol. The van der Waals surface area contributed by atoms with Gasteiger partial charge in [-0.2, -0.15) is 0 Å². The lowest BCUT2D eigenvalue weighted by molar-refractivity contribution is 0.533. The second-order valence-corrected chi connectivity index (χ2v) is 6.23. The zero-order valence-corrected chi connectivity index (χ0v) is 14.3. The van der Waals surface area contributed by atoms with E-state index in [1.165, 1.54) is 0 Å². The number of fused-ring (bicyclic) bond motifs is 2. The minimum absolute atomic E-state index is 0.248. The monoisotopic (exact) mass is 358 g/mol. The van der Waals surface area contributed by atoms with E-state index in [4.69, 9.17) is 10.2 Å². The van der Waals surface area contributed by atoms with Crippen LogP contribution >= 0.6 is 0 Å². The van der Waals surface area contributed by atoms with Crippen molar-refractivity contribution in [2.45, 2.75) is 6.92 Å². The van der Waals surface area contributed by atoms with Gasteiger partial charge in [-0.05, 0) is 30.3 Å². The van der Waals surface area contributed by atoms with Gasteiger partial charge < -0.3 is 20.1 Å². The molecule has 0 atom stereocenters. The second kappa shape index (κ2) is 5.53. The minimum Gasteiger partial charge on any atom is -0.421 e. The number of nitrogen functional groups attached to an aromatic ring is 1. The number of anilines is 1. The number of rotatable bonds is 2. The summed E-state index contributed by atoms with van der Waals surface area (Å²) in [5.41, 5.74) is 10.1. The summed E-state index contributed by atoms with van der Waals surface area (Å²) in [4.78, 5) is 23.1. The van der Waals surface area contributed by atoms with Gasteiger partial charge in [-0.3, -0.25) is 4.79 Å². The Morgan fingerprint density at radius 3 is 2.70 bits per heavy atom. The van der Waals surface area contributed by atoms with Crippen LogP contribution in [0.25, 0.3) is 44.8 Å². The van der Waals surface area contributed by atoms with E-state index in [-0.39, 0.29) is 11.3 Å². The normalized spacial score (nSPS) is 11.4. The van der Waals surface area contributed by atoms with Crippen LogP contribution in [0.15, 0.2) is 51.7 Å². The number of nitrogens with two attached hydrogens (primary N) is 1. The highest BCUT2D eigenvalue weighted by molar-refractivity contribution is 6.01. The molecule has 5 aromatic rings. The summed E-state index contributed by atoms with van der Waals surface area (Å²) in [7, 11) is 0. The third-order valence-corrected chi connectivity index (χ3v) is 4.45. The Bertz CT molecular complexity index is 1380. The van der Waals surface area contributed by atoms with Crippen molar-refractivity contribution in [1.29, 1.82) is 0 Å². The summed E-state index contributed by atoms with van der Waals surface area (Å²) in [6.45, 7) is 1.73. The Hall–Kier alpha value is -3.94. The van der Waals surface area contributed by atoms with E-state index in [1.54, 1.807) is 13.0 Å². The molecule has 0 saturated carbocycles. The van der Waals surface area contributed by atoms with E-state index in [0.717, 1.165) is 16.5 Å². The van der Waals surface area contributed by atoms with E-state index < -0.39 is 0 Å². The fourth-order valence-electron chi connectivity index (χ4n) is 3.14. The van der Waals surface area contributed by atoms with Crippen LogP contribution in [0.1, 0.15) is 5.89 Å². The Kier molecular flexibility index (Phi) is 3.14. The molecule has 132 valence electrons. The highest BCUT2D eigenvalue weighted by Crippen LogP contribution is 2.33. The molecule has 5 rings (SSSR count). The van der Waals surface area contributed by atoms with Crippen LogP contribution in [0.4, 0.5) is 5.69 Å². The van der Waals surface area contributed by atoms with Crippen LogP contribution < -0.4 is 11.3 Å². The summed E-state index contributed by atoms with van der Waals surface area (Å²) in [6.07, 6.45) is 0. The second-order valence-electron chi connectivity index (χ2n) is 6.23. The molecule has 3 aromatic heterocycles. The zero-order chi connectivity index (χ0) is 18.5. The quantitative estimate of drug-likeness (QED) is 0.445. The molecule has 2 aromatic carbocycles. The molecular formula is C19H14N6O2. The molecule has 8 heteroatoms. The van der Waals surface area contributed by atoms with Gasteiger partial charge in [0.05, 0.1) is 22.4 Å². The lowest BCUT2D eigenvalue weighted by atomic mass is 10.1. The van der Waals surface area contributed by atoms with Gasteiger partial charge in [0, 0.05) is 23.4 Å². The Morgan fingerprint density at radius 1 is 1.04 bits per heavy atom. The predicted molar refractivity (Wildman–Crippen MR) is 102 cm³/mol. The van der Waals surface area contributed by atoms with E-state index in [0.29, 0.717) is 34.2 Å². The number of nitrogens with one attached hydrogen (secondary N) is 2. The summed E-state index contributed by atoms with van der Waals surface area (Å²) in [5, 5.41) is 8.64. The number of aromatic nitrogens is 5. The van der Waals surface area contributed by atoms with Gasteiger partial charge in [0.1, 0.15) is 0 Å². The SMILES string of the molecule is Cc1nnc(-c2ccc3[nH]c(-c4nc5ccccc5[nH]c4=O)c(N)c3c2)o1. The van der Waals surface area contributed by atoms with Crippen molar-refractivity contribution in [2.75, 3.05) is 5.73 Å². The molecule has 8 nitrogen and oxygen atoms in total. The van der Waals surface area contributed by atoms with Gasteiger partial charge in [0.15, 0.2) is 5.69 Å². The van der Waals surface area contributed by atoms with Crippen molar-refractivity contribution >= 4 is 27.6 Å². The van der Waals surface area contributed by atoms with Gasteiger partial charge >= 0.3 is 0 Å². The predicted octanol–water partition coefficient (Wildman–Crippen LogP) is 3.01. The number of para-hydroxylation sites is 2. The van der Waals surface area contributed by atoms with Crippen molar-refractivity contribution in [2.24, 2.45) is 0 Å². The lowest BCUT2D eigenvalue weighted by Crippen LogP contribution is -2.12. The standard InChI is InChI=1S/C19H14N6O2/c1-9-24-25-19(27-9)10-6-7-12-11(8-10)15(20)16(21-12)17-18(26)23-14-5-3-2-4-13(14)22-17/h2-8,21H,20H2,1H3,(H,23,26). The molecule has 3 heterocycles. The number of hydrogen-bond acceptors (Lipinski definition) is 6. The number of aryl methyl sites for hydroxylation is 1. The van der Waals surface area contributed by atoms with Crippen molar-refractivity contribution in [1.82, 2.24) is 25.1 Å². The van der Waals surface area contributed by atoms with Crippen molar-refractivity contribution in [3.8, 4) is 22.8 Å². The molecule has 0 aliphatic rings. The van der Waals surface area contributed by atoms with Crippen LogP contribution in [0.5, 0.6) is 0 Å². The average Bonchev–Trinajstić information content (AvgIpc) is 3.24. The third-order valence-electron chi connectivity index (χ3n) is 4.45. The fraction of sp³-hybridized carbons (Fsp3) is 0.0526. The summed E-state index contributed by atoms with van der Waals surface area (Å²) in [5.74, 6) is 0.901. The molecule has 0 unspecified atom stereocenters. The largest absolute Gasteiger partial charge is 0.421 e. The molecule has 0 aliphatic heterocycles. The highest BCUT2D eigenvalue weighted by atomic mass is 16.4. The van der Waals surface area contributed by atoms with Crippen LogP contribution in [-0.4, -0.2) is 25.1 Å². The third kappa shape index (κ3) is 2.38. The molecule has 0 aliphatic carbocycles. The van der Waals surface area contributed by atoms with Crippen molar-refractivity contribution in [3.63, 3.8) is 0 Å². The van der Waals surface area contributed by atoms with Crippen molar-refractivity contribution in [3.05, 3.63) is 58.7 Å². The maximum atomic E-state index is 12.5. The van der Waals surface area contributed by atoms with Gasteiger partial charge in [-0.1, -0.05) is 12.1 Å². The molecule has 0 saturated heterocycles. The van der Waals surface area contributed by atoms with E-state index >= 15 is 0 Å². The van der Waals surface area contributed by atoms with Gasteiger partial charge in [0.2, 0.25) is 11.8 Å². The first kappa shape index (κ1) is 15.3. The number of aromatic amines is 2. The molecule has 0 amide bonds. The van der Waals surface area contributed by atoms with Gasteiger partial charge in [-0.25, -0.2) is 4.98 Å². The van der Waals surface area contributed by atoms with Gasteiger partial charge in [-0.15, -0.1) is 10.2 Å². The van der Waals surface area contributed by atoms with Crippen molar-refractivity contribution < 1.29 is 4.42 Å². The van der Waals surface area contributed by atoms with Crippen LogP contribution in [0, 0.1) is 6.92 Å². The maximum Gasteiger partial charge on any atom is 0.276 e. The number of benzene rings is 2. The van der Waals surface area contributed by atoms with Gasteiger partial charge in [0.25, 0.3) is 5.56 Å². The Labute approximate surface area is 152 Å². The molecule has 0 spiro atoms. The Balaban J connectivity index is 1.71. The Morgan fingerprint density at radius 2 is 1.89 bits per heavy atom.